The van der Waals surface area contributed by atoms with Crippen LogP contribution in [0.5, 0.6) is 0 Å². The second kappa shape index (κ2) is 3.74. The van der Waals surface area contributed by atoms with Crippen molar-refractivity contribution in [2.75, 3.05) is 0 Å². The van der Waals surface area contributed by atoms with Crippen LogP contribution in [-0.2, 0) is 0 Å². The molecule has 0 aliphatic heterocycles. The molecular formula is C13H14ClN. The maximum absolute atomic E-state index is 6.24. The molecule has 2 rings (SSSR count). The van der Waals surface area contributed by atoms with E-state index in [2.05, 4.69) is 43.5 Å². The van der Waals surface area contributed by atoms with E-state index in [1.165, 1.54) is 17.0 Å². The van der Waals surface area contributed by atoms with E-state index in [0.29, 0.717) is 0 Å². The lowest BCUT2D eigenvalue weighted by Gasteiger charge is -2.14. The summed E-state index contributed by atoms with van der Waals surface area (Å²) in [5.41, 5.74) is 4.72. The Hall–Kier alpha value is -1.21. The van der Waals surface area contributed by atoms with Crippen molar-refractivity contribution in [3.8, 4) is 5.69 Å². The van der Waals surface area contributed by atoms with Crippen LogP contribution in [0.4, 0.5) is 0 Å². The average Bonchev–Trinajstić information content (AvgIpc) is 2.49. The van der Waals surface area contributed by atoms with Crippen molar-refractivity contribution in [1.29, 1.82) is 0 Å². The van der Waals surface area contributed by atoms with Crippen LogP contribution in [0.15, 0.2) is 30.3 Å². The second-order valence-corrected chi connectivity index (χ2v) is 4.26. The highest BCUT2D eigenvalue weighted by Crippen LogP contribution is 2.27. The van der Waals surface area contributed by atoms with Crippen molar-refractivity contribution in [3.05, 3.63) is 52.3 Å². The number of benzene rings is 1. The summed E-state index contributed by atoms with van der Waals surface area (Å²) >= 11 is 6.24. The molecule has 1 nitrogen and oxygen atoms in total. The Morgan fingerprint density at radius 1 is 0.933 bits per heavy atom. The molecule has 0 unspecified atom stereocenters. The fourth-order valence-electron chi connectivity index (χ4n) is 1.93. The lowest BCUT2D eigenvalue weighted by atomic mass is 10.2. The number of aromatic nitrogens is 1. The third-order valence-electron chi connectivity index (χ3n) is 2.68. The molecular weight excluding hydrogens is 206 g/mol. The maximum Gasteiger partial charge on any atom is 0.0670 e. The first-order valence-corrected chi connectivity index (χ1v) is 5.39. The lowest BCUT2D eigenvalue weighted by molar-refractivity contribution is 0.955. The summed E-state index contributed by atoms with van der Waals surface area (Å²) in [6, 6.07) is 10.2. The number of para-hydroxylation sites is 1. The molecule has 1 heterocycles. The van der Waals surface area contributed by atoms with Crippen molar-refractivity contribution >= 4 is 11.6 Å². The molecule has 0 saturated carbocycles. The number of halogens is 1. The van der Waals surface area contributed by atoms with Gasteiger partial charge in [0, 0.05) is 11.4 Å². The van der Waals surface area contributed by atoms with Crippen molar-refractivity contribution in [1.82, 2.24) is 4.57 Å². The van der Waals surface area contributed by atoms with Gasteiger partial charge >= 0.3 is 0 Å². The monoisotopic (exact) mass is 219 g/mol. The van der Waals surface area contributed by atoms with Gasteiger partial charge in [-0.05, 0) is 44.5 Å². The summed E-state index contributed by atoms with van der Waals surface area (Å²) in [5, 5.41) is 0.803. The molecule has 0 spiro atoms. The zero-order valence-corrected chi connectivity index (χ0v) is 9.97. The summed E-state index contributed by atoms with van der Waals surface area (Å²) in [5.74, 6) is 0. The molecule has 0 amide bonds. The second-order valence-electron chi connectivity index (χ2n) is 3.86. The first-order valence-electron chi connectivity index (χ1n) is 5.01. The summed E-state index contributed by atoms with van der Waals surface area (Å²) in [6.45, 7) is 6.27. The Morgan fingerprint density at radius 3 is 2.07 bits per heavy atom. The lowest BCUT2D eigenvalue weighted by Crippen LogP contribution is -2.01. The molecule has 0 aliphatic carbocycles. The normalized spacial score (nSPS) is 10.7. The van der Waals surface area contributed by atoms with Gasteiger partial charge in [-0.2, -0.15) is 0 Å². The van der Waals surface area contributed by atoms with Crippen molar-refractivity contribution in [2.45, 2.75) is 20.8 Å². The van der Waals surface area contributed by atoms with Crippen LogP contribution in [0.1, 0.15) is 17.0 Å². The first kappa shape index (κ1) is 10.3. The van der Waals surface area contributed by atoms with Crippen LogP contribution in [0.25, 0.3) is 5.69 Å². The van der Waals surface area contributed by atoms with Crippen LogP contribution in [0, 0.1) is 20.8 Å². The molecule has 0 N–H and O–H groups in total. The number of rotatable bonds is 1. The zero-order chi connectivity index (χ0) is 11.0. The van der Waals surface area contributed by atoms with Gasteiger partial charge in [-0.1, -0.05) is 23.7 Å². The number of hydrogen-bond acceptors (Lipinski definition) is 0. The molecule has 2 heteroatoms. The highest BCUT2D eigenvalue weighted by Gasteiger charge is 2.09. The number of aryl methyl sites for hydroxylation is 3. The van der Waals surface area contributed by atoms with E-state index in [-0.39, 0.29) is 0 Å². The van der Waals surface area contributed by atoms with E-state index in [1.54, 1.807) is 0 Å². The molecule has 0 fully saturated rings. The van der Waals surface area contributed by atoms with Crippen molar-refractivity contribution in [2.24, 2.45) is 0 Å². The molecule has 0 bridgehead atoms. The Labute approximate surface area is 95.3 Å². The van der Waals surface area contributed by atoms with Gasteiger partial charge in [-0.25, -0.2) is 0 Å². The summed E-state index contributed by atoms with van der Waals surface area (Å²) in [7, 11) is 0. The summed E-state index contributed by atoms with van der Waals surface area (Å²) in [4.78, 5) is 0. The van der Waals surface area contributed by atoms with E-state index >= 15 is 0 Å². The molecule has 0 saturated heterocycles. The van der Waals surface area contributed by atoms with E-state index < -0.39 is 0 Å². The Balaban J connectivity index is 2.74. The van der Waals surface area contributed by atoms with Crippen molar-refractivity contribution in [3.63, 3.8) is 0 Å². The minimum atomic E-state index is 0.803. The maximum atomic E-state index is 6.24. The molecule has 0 atom stereocenters. The minimum Gasteiger partial charge on any atom is -0.317 e. The molecule has 2 aromatic rings. The van der Waals surface area contributed by atoms with Crippen LogP contribution >= 0.6 is 11.6 Å². The van der Waals surface area contributed by atoms with E-state index in [9.17, 15) is 0 Å². The molecule has 1 aromatic carbocycles. The predicted octanol–water partition coefficient (Wildman–Crippen LogP) is 4.06. The SMILES string of the molecule is Cc1cccc(Cl)c1-n1c(C)ccc1C. The Morgan fingerprint density at radius 2 is 1.53 bits per heavy atom. The topological polar surface area (TPSA) is 4.93 Å². The highest BCUT2D eigenvalue weighted by atomic mass is 35.5. The average molecular weight is 220 g/mol. The van der Waals surface area contributed by atoms with E-state index in [4.69, 9.17) is 11.6 Å². The quantitative estimate of drug-likeness (QED) is 0.682. The van der Waals surface area contributed by atoms with E-state index in [0.717, 1.165) is 10.7 Å². The largest absolute Gasteiger partial charge is 0.317 e. The van der Waals surface area contributed by atoms with Gasteiger partial charge in [0.1, 0.15) is 0 Å². The highest BCUT2D eigenvalue weighted by molar-refractivity contribution is 6.32. The zero-order valence-electron chi connectivity index (χ0n) is 9.21. The number of hydrogen-bond donors (Lipinski definition) is 0. The smallest absolute Gasteiger partial charge is 0.0670 e. The molecule has 0 radical (unpaired) electrons. The summed E-state index contributed by atoms with van der Waals surface area (Å²) in [6.07, 6.45) is 0. The molecule has 0 aliphatic rings. The van der Waals surface area contributed by atoms with Gasteiger partial charge in [-0.3, -0.25) is 0 Å². The van der Waals surface area contributed by atoms with Crippen LogP contribution in [0.3, 0.4) is 0 Å². The standard InChI is InChI=1S/C13H14ClN/c1-9-5-4-6-12(14)13(9)15-10(2)7-8-11(15)3/h4-8H,1-3H3. The summed E-state index contributed by atoms with van der Waals surface area (Å²) < 4.78 is 2.19. The third kappa shape index (κ3) is 1.68. The Kier molecular flexibility index (Phi) is 2.57. The van der Waals surface area contributed by atoms with Gasteiger partial charge in [0.2, 0.25) is 0 Å². The van der Waals surface area contributed by atoms with Gasteiger partial charge in [0.15, 0.2) is 0 Å². The molecule has 15 heavy (non-hydrogen) atoms. The molecule has 1 aromatic heterocycles. The third-order valence-corrected chi connectivity index (χ3v) is 2.99. The van der Waals surface area contributed by atoms with E-state index in [1.807, 2.05) is 12.1 Å². The van der Waals surface area contributed by atoms with Crippen LogP contribution in [-0.4, -0.2) is 4.57 Å². The fraction of sp³-hybridized carbons (Fsp3) is 0.231. The minimum absolute atomic E-state index is 0.803. The van der Waals surface area contributed by atoms with Crippen LogP contribution < -0.4 is 0 Å². The predicted molar refractivity (Wildman–Crippen MR) is 65.0 cm³/mol. The first-order chi connectivity index (χ1) is 7.11. The van der Waals surface area contributed by atoms with Crippen LogP contribution in [0.2, 0.25) is 5.02 Å². The molecule has 78 valence electrons. The van der Waals surface area contributed by atoms with Gasteiger partial charge in [-0.15, -0.1) is 0 Å². The van der Waals surface area contributed by atoms with Gasteiger partial charge in [0.25, 0.3) is 0 Å². The number of nitrogens with zero attached hydrogens (tertiary/aromatic N) is 1. The van der Waals surface area contributed by atoms with Gasteiger partial charge < -0.3 is 4.57 Å². The van der Waals surface area contributed by atoms with Gasteiger partial charge in [0.05, 0.1) is 10.7 Å². The fourth-order valence-corrected chi connectivity index (χ4v) is 2.23. The Bertz CT molecular complexity index is 457. The van der Waals surface area contributed by atoms with Crippen molar-refractivity contribution < 1.29 is 0 Å².